The Morgan fingerprint density at radius 2 is 1.92 bits per heavy atom. The zero-order chi connectivity index (χ0) is 17.2. The van der Waals surface area contributed by atoms with Gasteiger partial charge < -0.3 is 10.5 Å². The number of amides is 1. The number of rotatable bonds is 4. The van der Waals surface area contributed by atoms with Crippen molar-refractivity contribution in [1.29, 1.82) is 0 Å². The number of nitrogens with two attached hydrogens (primary N) is 1. The van der Waals surface area contributed by atoms with Crippen molar-refractivity contribution in [2.75, 3.05) is 20.2 Å². The molecule has 0 radical (unpaired) electrons. The topological polar surface area (TPSA) is 68.5 Å². The summed E-state index contributed by atoms with van der Waals surface area (Å²) in [5.74, 6) is 1.49. The zero-order valence-corrected chi connectivity index (χ0v) is 16.1. The molecule has 1 aromatic rings. The summed E-state index contributed by atoms with van der Waals surface area (Å²) in [6.07, 6.45) is 9.59. The molecule has 2 unspecified atom stereocenters. The molecule has 2 atom stereocenters. The van der Waals surface area contributed by atoms with Crippen LogP contribution in [0.1, 0.15) is 54.6 Å². The number of likely N-dealkylation sites (tertiary alicyclic amines) is 1. The minimum atomic E-state index is -0.468. The van der Waals surface area contributed by atoms with Crippen molar-refractivity contribution < 1.29 is 9.53 Å². The number of methoxy groups -OCH3 is 1. The van der Waals surface area contributed by atoms with E-state index in [0.717, 1.165) is 24.6 Å². The molecule has 5 fully saturated rings. The molecule has 0 spiro atoms. The molecule has 142 valence electrons. The van der Waals surface area contributed by atoms with Crippen LogP contribution in [-0.4, -0.2) is 41.5 Å². The predicted octanol–water partition coefficient (Wildman–Crippen LogP) is 2.73. The van der Waals surface area contributed by atoms with E-state index < -0.39 is 5.91 Å². The highest BCUT2D eigenvalue weighted by Crippen LogP contribution is 2.63. The van der Waals surface area contributed by atoms with Crippen LogP contribution in [0.3, 0.4) is 0 Å². The summed E-state index contributed by atoms with van der Waals surface area (Å²) in [7, 11) is 1.84. The van der Waals surface area contributed by atoms with Gasteiger partial charge in [0, 0.05) is 43.8 Å². The highest BCUT2D eigenvalue weighted by atomic mass is 35.5. The van der Waals surface area contributed by atoms with Gasteiger partial charge in [-0.15, -0.1) is 12.4 Å². The summed E-state index contributed by atoms with van der Waals surface area (Å²) in [6, 6.07) is 3.89. The van der Waals surface area contributed by atoms with E-state index in [4.69, 9.17) is 10.5 Å². The SMILES string of the molecule is COC1(c2ccnc(C(N)=O)c2)C2CCCC1CN(C13CC(C1)C3)C2.Cl. The van der Waals surface area contributed by atoms with Gasteiger partial charge in [0.25, 0.3) is 5.91 Å². The Morgan fingerprint density at radius 3 is 2.42 bits per heavy atom. The smallest absolute Gasteiger partial charge is 0.267 e. The normalized spacial score (nSPS) is 40.7. The highest BCUT2D eigenvalue weighted by Gasteiger charge is 2.63. The average Bonchev–Trinajstić information content (AvgIpc) is 2.51. The van der Waals surface area contributed by atoms with Crippen molar-refractivity contribution >= 4 is 18.3 Å². The van der Waals surface area contributed by atoms with Crippen LogP contribution in [0, 0.1) is 17.8 Å². The van der Waals surface area contributed by atoms with Crippen LogP contribution in [0.25, 0.3) is 0 Å². The van der Waals surface area contributed by atoms with Crippen molar-refractivity contribution in [3.8, 4) is 0 Å². The van der Waals surface area contributed by atoms with Gasteiger partial charge in [-0.05, 0) is 55.7 Å². The monoisotopic (exact) mass is 377 g/mol. The Labute approximate surface area is 161 Å². The maximum atomic E-state index is 11.6. The third-order valence-corrected chi connectivity index (χ3v) is 7.68. The van der Waals surface area contributed by atoms with Crippen LogP contribution in [0.2, 0.25) is 0 Å². The average molecular weight is 378 g/mol. The van der Waals surface area contributed by atoms with Crippen LogP contribution < -0.4 is 5.73 Å². The zero-order valence-electron chi connectivity index (χ0n) is 15.3. The van der Waals surface area contributed by atoms with Gasteiger partial charge in [0.15, 0.2) is 0 Å². The summed E-state index contributed by atoms with van der Waals surface area (Å²) >= 11 is 0. The molecule has 1 saturated heterocycles. The molecular formula is C20H28ClN3O2. The molecule has 2 N–H and O–H groups in total. The van der Waals surface area contributed by atoms with Crippen molar-refractivity contribution in [3.05, 3.63) is 29.6 Å². The molecule has 6 rings (SSSR count). The van der Waals surface area contributed by atoms with Gasteiger partial charge in [-0.3, -0.25) is 14.7 Å². The predicted molar refractivity (Wildman–Crippen MR) is 101 cm³/mol. The third-order valence-electron chi connectivity index (χ3n) is 7.68. The standard InChI is InChI=1S/C20H27N3O2.ClH/c1-25-20(14-5-6-22-17(7-14)18(21)24)15-3-2-4-16(20)12-23(11-15)19-8-13(9-19)10-19;/h5-7,13,15-16H,2-4,8-12H2,1H3,(H2,21,24);1H. The Kier molecular flexibility index (Phi) is 4.33. The van der Waals surface area contributed by atoms with Crippen molar-refractivity contribution in [2.45, 2.75) is 49.7 Å². The van der Waals surface area contributed by atoms with Crippen molar-refractivity contribution in [2.24, 2.45) is 23.5 Å². The van der Waals surface area contributed by atoms with Crippen LogP contribution in [0.5, 0.6) is 0 Å². The molecule has 0 aromatic carbocycles. The number of fused-ring (bicyclic) bond motifs is 2. The second-order valence-corrected chi connectivity index (χ2v) is 8.72. The number of nitrogens with zero attached hydrogens (tertiary/aromatic N) is 2. The number of pyridine rings is 1. The van der Waals surface area contributed by atoms with E-state index in [1.807, 2.05) is 19.2 Å². The van der Waals surface area contributed by atoms with Gasteiger partial charge in [-0.25, -0.2) is 0 Å². The van der Waals surface area contributed by atoms with E-state index in [1.54, 1.807) is 6.20 Å². The van der Waals surface area contributed by atoms with E-state index in [-0.39, 0.29) is 18.0 Å². The molecular weight excluding hydrogens is 350 g/mol. The van der Waals surface area contributed by atoms with E-state index in [0.29, 0.717) is 23.1 Å². The van der Waals surface area contributed by atoms with Crippen LogP contribution in [0.4, 0.5) is 0 Å². The van der Waals surface area contributed by atoms with Crippen molar-refractivity contribution in [1.82, 2.24) is 9.88 Å². The van der Waals surface area contributed by atoms with Gasteiger partial charge in [-0.2, -0.15) is 0 Å². The first kappa shape index (κ1) is 18.2. The Bertz CT molecular complexity index is 694. The lowest BCUT2D eigenvalue weighted by atomic mass is 9.48. The number of aromatic nitrogens is 1. The fraction of sp³-hybridized carbons (Fsp3) is 0.700. The molecule has 6 heteroatoms. The second-order valence-electron chi connectivity index (χ2n) is 8.72. The lowest BCUT2D eigenvalue weighted by Crippen LogP contribution is -2.73. The van der Waals surface area contributed by atoms with Crippen LogP contribution in [0.15, 0.2) is 18.3 Å². The first-order valence-corrected chi connectivity index (χ1v) is 9.64. The van der Waals surface area contributed by atoms with E-state index in [2.05, 4.69) is 9.88 Å². The maximum absolute atomic E-state index is 11.6. The van der Waals surface area contributed by atoms with Crippen molar-refractivity contribution in [3.63, 3.8) is 0 Å². The highest BCUT2D eigenvalue weighted by molar-refractivity contribution is 5.90. The number of carbonyl (C=O) groups excluding carboxylic acids is 1. The first-order valence-electron chi connectivity index (χ1n) is 9.64. The fourth-order valence-electron chi connectivity index (χ4n) is 6.37. The molecule has 4 bridgehead atoms. The molecule has 1 aromatic heterocycles. The fourth-order valence-corrected chi connectivity index (χ4v) is 6.37. The quantitative estimate of drug-likeness (QED) is 0.875. The van der Waals surface area contributed by atoms with Crippen LogP contribution >= 0.6 is 12.4 Å². The number of halogens is 1. The largest absolute Gasteiger partial charge is 0.373 e. The van der Waals surface area contributed by atoms with Gasteiger partial charge in [-0.1, -0.05) is 6.42 Å². The maximum Gasteiger partial charge on any atom is 0.267 e. The lowest BCUT2D eigenvalue weighted by molar-refractivity contribution is -0.226. The first-order chi connectivity index (χ1) is 12.1. The molecule has 5 aliphatic rings. The molecule has 26 heavy (non-hydrogen) atoms. The Morgan fingerprint density at radius 1 is 1.27 bits per heavy atom. The summed E-state index contributed by atoms with van der Waals surface area (Å²) < 4.78 is 6.29. The number of hydrogen-bond acceptors (Lipinski definition) is 4. The number of hydrogen-bond donors (Lipinski definition) is 1. The minimum absolute atomic E-state index is 0. The number of primary amides is 1. The van der Waals surface area contributed by atoms with E-state index in [1.165, 1.54) is 38.5 Å². The number of ether oxygens (including phenoxy) is 1. The molecule has 4 aliphatic carbocycles. The third kappa shape index (κ3) is 2.30. The number of carbonyl (C=O) groups is 1. The molecule has 1 aliphatic heterocycles. The van der Waals surface area contributed by atoms with Crippen LogP contribution in [-0.2, 0) is 10.3 Å². The summed E-state index contributed by atoms with van der Waals surface area (Å²) in [4.78, 5) is 18.5. The van der Waals surface area contributed by atoms with Gasteiger partial charge in [0.1, 0.15) is 11.3 Å². The molecule has 5 nitrogen and oxygen atoms in total. The summed E-state index contributed by atoms with van der Waals surface area (Å²) in [5, 5.41) is 0. The van der Waals surface area contributed by atoms with Gasteiger partial charge in [0.05, 0.1) is 0 Å². The summed E-state index contributed by atoms with van der Waals surface area (Å²) in [6.45, 7) is 2.23. The lowest BCUT2D eigenvalue weighted by Gasteiger charge is -2.70. The van der Waals surface area contributed by atoms with Gasteiger partial charge in [0.2, 0.25) is 0 Å². The van der Waals surface area contributed by atoms with E-state index in [9.17, 15) is 4.79 Å². The van der Waals surface area contributed by atoms with Gasteiger partial charge >= 0.3 is 0 Å². The molecule has 1 amide bonds. The minimum Gasteiger partial charge on any atom is -0.373 e. The Hall–Kier alpha value is -1.17. The number of piperidine rings is 1. The summed E-state index contributed by atoms with van der Waals surface area (Å²) in [5.41, 5.74) is 7.13. The Balaban J connectivity index is 0.00000168. The van der Waals surface area contributed by atoms with E-state index >= 15 is 0 Å². The molecule has 4 saturated carbocycles. The molecule has 2 heterocycles. The second kappa shape index (κ2) is 6.18.